The standard InChI is InChI=1S/C21H40O5/c1-2-3-4-5-6-7-8-9-10-11-12-13-14-15-16-20(24)21(25)26-18-19(23)17-22/h9-10,19-20,22-24H,2-8,11-18H2,1H3. The number of esters is 1. The van der Waals surface area contributed by atoms with Gasteiger partial charge in [0.1, 0.15) is 12.7 Å². The van der Waals surface area contributed by atoms with Gasteiger partial charge in [-0.1, -0.05) is 70.4 Å². The minimum atomic E-state index is -1.14. The molecule has 0 aliphatic rings. The van der Waals surface area contributed by atoms with Gasteiger partial charge in [0.2, 0.25) is 0 Å². The van der Waals surface area contributed by atoms with Crippen LogP contribution in [-0.4, -0.2) is 46.7 Å². The van der Waals surface area contributed by atoms with Crippen LogP contribution in [0.3, 0.4) is 0 Å². The third kappa shape index (κ3) is 16.6. The van der Waals surface area contributed by atoms with Crippen LogP contribution < -0.4 is 0 Å². The summed E-state index contributed by atoms with van der Waals surface area (Å²) in [5.74, 6) is -0.727. The lowest BCUT2D eigenvalue weighted by atomic mass is 10.1. The molecule has 0 radical (unpaired) electrons. The number of aliphatic hydroxyl groups is 3. The summed E-state index contributed by atoms with van der Waals surface area (Å²) < 4.78 is 4.72. The van der Waals surface area contributed by atoms with Crippen molar-refractivity contribution >= 4 is 5.97 Å². The van der Waals surface area contributed by atoms with Gasteiger partial charge in [0, 0.05) is 0 Å². The van der Waals surface area contributed by atoms with Crippen molar-refractivity contribution < 1.29 is 24.9 Å². The van der Waals surface area contributed by atoms with Gasteiger partial charge in [-0.15, -0.1) is 0 Å². The minimum absolute atomic E-state index is 0.280. The van der Waals surface area contributed by atoms with Gasteiger partial charge >= 0.3 is 5.97 Å². The molecule has 2 atom stereocenters. The second-order valence-corrected chi connectivity index (χ2v) is 7.00. The van der Waals surface area contributed by atoms with Crippen LogP contribution >= 0.6 is 0 Å². The highest BCUT2D eigenvalue weighted by Crippen LogP contribution is 2.10. The topological polar surface area (TPSA) is 87.0 Å². The van der Waals surface area contributed by atoms with Crippen LogP contribution in [0.4, 0.5) is 0 Å². The molecular weight excluding hydrogens is 332 g/mol. The van der Waals surface area contributed by atoms with Gasteiger partial charge in [-0.05, 0) is 32.1 Å². The molecule has 0 heterocycles. The molecular formula is C21H40O5. The molecule has 0 aromatic heterocycles. The molecule has 154 valence electrons. The largest absolute Gasteiger partial charge is 0.461 e. The maximum Gasteiger partial charge on any atom is 0.335 e. The average Bonchev–Trinajstić information content (AvgIpc) is 2.65. The third-order valence-corrected chi connectivity index (χ3v) is 4.39. The maximum atomic E-state index is 11.5. The van der Waals surface area contributed by atoms with E-state index in [9.17, 15) is 9.90 Å². The Kier molecular flexibility index (Phi) is 18.2. The van der Waals surface area contributed by atoms with Gasteiger partial charge in [-0.3, -0.25) is 0 Å². The quantitative estimate of drug-likeness (QED) is 0.193. The summed E-state index contributed by atoms with van der Waals surface area (Å²) in [7, 11) is 0. The number of aliphatic hydroxyl groups excluding tert-OH is 3. The molecule has 0 spiro atoms. The van der Waals surface area contributed by atoms with E-state index in [1.54, 1.807) is 0 Å². The zero-order valence-electron chi connectivity index (χ0n) is 16.6. The lowest BCUT2D eigenvalue weighted by Gasteiger charge is -2.12. The van der Waals surface area contributed by atoms with E-state index in [4.69, 9.17) is 14.9 Å². The van der Waals surface area contributed by atoms with E-state index in [1.807, 2.05) is 0 Å². The SMILES string of the molecule is CCCCCCCCC=CCCCCCCC(O)C(=O)OCC(O)CO. The number of hydrogen-bond donors (Lipinski definition) is 3. The highest BCUT2D eigenvalue weighted by molar-refractivity contribution is 5.74. The Morgan fingerprint density at radius 1 is 0.885 bits per heavy atom. The van der Waals surface area contributed by atoms with Crippen molar-refractivity contribution in [1.29, 1.82) is 0 Å². The molecule has 0 saturated heterocycles. The van der Waals surface area contributed by atoms with Crippen molar-refractivity contribution in [3.05, 3.63) is 12.2 Å². The maximum absolute atomic E-state index is 11.5. The summed E-state index contributed by atoms with van der Waals surface area (Å²) in [5.41, 5.74) is 0. The van der Waals surface area contributed by atoms with E-state index >= 15 is 0 Å². The van der Waals surface area contributed by atoms with Crippen molar-refractivity contribution in [2.75, 3.05) is 13.2 Å². The van der Waals surface area contributed by atoms with Crippen molar-refractivity contribution in [2.45, 2.75) is 103 Å². The van der Waals surface area contributed by atoms with Crippen LogP contribution in [0.5, 0.6) is 0 Å². The van der Waals surface area contributed by atoms with E-state index in [-0.39, 0.29) is 6.61 Å². The van der Waals surface area contributed by atoms with Crippen molar-refractivity contribution in [3.63, 3.8) is 0 Å². The highest BCUT2D eigenvalue weighted by Gasteiger charge is 2.17. The highest BCUT2D eigenvalue weighted by atomic mass is 16.6. The predicted octanol–water partition coefficient (Wildman–Crippen LogP) is 3.89. The molecule has 5 heteroatoms. The Hall–Kier alpha value is -0.910. The lowest BCUT2D eigenvalue weighted by molar-refractivity contribution is -0.157. The number of carbonyl (C=O) groups excluding carboxylic acids is 1. The molecule has 26 heavy (non-hydrogen) atoms. The van der Waals surface area contributed by atoms with E-state index in [2.05, 4.69) is 19.1 Å². The number of unbranched alkanes of at least 4 members (excludes halogenated alkanes) is 10. The monoisotopic (exact) mass is 372 g/mol. The Balaban J connectivity index is 3.39. The first-order valence-corrected chi connectivity index (χ1v) is 10.4. The van der Waals surface area contributed by atoms with Gasteiger partial charge in [0.15, 0.2) is 6.10 Å². The fraction of sp³-hybridized carbons (Fsp3) is 0.857. The third-order valence-electron chi connectivity index (χ3n) is 4.39. The van der Waals surface area contributed by atoms with Gasteiger partial charge < -0.3 is 20.1 Å². The molecule has 0 aliphatic carbocycles. The summed E-state index contributed by atoms with van der Waals surface area (Å²) >= 11 is 0. The zero-order valence-corrected chi connectivity index (χ0v) is 16.6. The van der Waals surface area contributed by atoms with Crippen LogP contribution in [0.1, 0.15) is 90.4 Å². The number of ether oxygens (including phenoxy) is 1. The molecule has 0 aromatic carbocycles. The molecule has 0 saturated carbocycles. The van der Waals surface area contributed by atoms with Gasteiger partial charge in [0.25, 0.3) is 0 Å². The Labute approximate surface area is 159 Å². The summed E-state index contributed by atoms with van der Waals surface area (Å²) in [4.78, 5) is 11.5. The van der Waals surface area contributed by atoms with E-state index in [0.29, 0.717) is 6.42 Å². The number of carbonyl (C=O) groups is 1. The van der Waals surface area contributed by atoms with E-state index < -0.39 is 24.8 Å². The first-order valence-electron chi connectivity index (χ1n) is 10.4. The fourth-order valence-corrected chi connectivity index (χ4v) is 2.68. The van der Waals surface area contributed by atoms with Gasteiger partial charge in [0.05, 0.1) is 6.61 Å². The molecule has 2 unspecified atom stereocenters. The summed E-state index contributed by atoms with van der Waals surface area (Å²) in [5, 5.41) is 27.4. The van der Waals surface area contributed by atoms with E-state index in [0.717, 1.165) is 32.1 Å². The van der Waals surface area contributed by atoms with Gasteiger partial charge in [-0.25, -0.2) is 4.79 Å². The number of rotatable bonds is 18. The van der Waals surface area contributed by atoms with Crippen molar-refractivity contribution in [3.8, 4) is 0 Å². The van der Waals surface area contributed by atoms with Crippen LogP contribution in [0.25, 0.3) is 0 Å². The Morgan fingerprint density at radius 2 is 1.42 bits per heavy atom. The fourth-order valence-electron chi connectivity index (χ4n) is 2.68. The molecule has 0 rings (SSSR count). The van der Waals surface area contributed by atoms with Crippen molar-refractivity contribution in [2.24, 2.45) is 0 Å². The van der Waals surface area contributed by atoms with Gasteiger partial charge in [-0.2, -0.15) is 0 Å². The Morgan fingerprint density at radius 3 is 2.00 bits per heavy atom. The normalized spacial score (nSPS) is 13.8. The van der Waals surface area contributed by atoms with Crippen molar-refractivity contribution in [1.82, 2.24) is 0 Å². The second kappa shape index (κ2) is 18.9. The smallest absolute Gasteiger partial charge is 0.335 e. The number of hydrogen-bond acceptors (Lipinski definition) is 5. The molecule has 0 fully saturated rings. The molecule has 0 aliphatic heterocycles. The molecule has 0 aromatic rings. The summed E-state index contributed by atoms with van der Waals surface area (Å²) in [6, 6.07) is 0. The van der Waals surface area contributed by atoms with Crippen LogP contribution in [0, 0.1) is 0 Å². The molecule has 0 amide bonds. The minimum Gasteiger partial charge on any atom is -0.461 e. The average molecular weight is 373 g/mol. The lowest BCUT2D eigenvalue weighted by Crippen LogP contribution is -2.28. The van der Waals surface area contributed by atoms with Crippen LogP contribution in [0.15, 0.2) is 12.2 Å². The van der Waals surface area contributed by atoms with E-state index in [1.165, 1.54) is 44.9 Å². The zero-order chi connectivity index (χ0) is 19.5. The second-order valence-electron chi connectivity index (χ2n) is 7.00. The van der Waals surface area contributed by atoms with Crippen LogP contribution in [-0.2, 0) is 9.53 Å². The number of allylic oxidation sites excluding steroid dienone is 2. The molecule has 3 N–H and O–H groups in total. The first kappa shape index (κ1) is 25.1. The molecule has 0 bridgehead atoms. The molecule has 5 nitrogen and oxygen atoms in total. The Bertz CT molecular complexity index is 343. The van der Waals surface area contributed by atoms with Crippen LogP contribution in [0.2, 0.25) is 0 Å². The summed E-state index contributed by atoms with van der Waals surface area (Å²) in [6.45, 7) is 1.50. The first-order chi connectivity index (χ1) is 12.6. The predicted molar refractivity (Wildman–Crippen MR) is 105 cm³/mol. The summed E-state index contributed by atoms with van der Waals surface area (Å²) in [6.07, 6.45) is 17.0.